The normalized spacial score (nSPS) is 13.1. The van der Waals surface area contributed by atoms with Gasteiger partial charge in [0.15, 0.2) is 0 Å². The van der Waals surface area contributed by atoms with Crippen molar-refractivity contribution < 1.29 is 14.6 Å². The topological polar surface area (TPSA) is 58.6 Å². The fourth-order valence-corrected chi connectivity index (χ4v) is 2.50. The first-order valence-electron chi connectivity index (χ1n) is 8.27. The highest BCUT2D eigenvalue weighted by Gasteiger charge is 2.10. The molecule has 2 unspecified atom stereocenters. The molecule has 0 saturated heterocycles. The molecule has 0 aliphatic heterocycles. The highest BCUT2D eigenvalue weighted by atomic mass is 16.5. The molecule has 0 aromatic heterocycles. The summed E-state index contributed by atoms with van der Waals surface area (Å²) in [5.74, 6) is 0.771. The van der Waals surface area contributed by atoms with Crippen LogP contribution in [0.4, 0.5) is 0 Å². The van der Waals surface area contributed by atoms with Crippen LogP contribution in [0.5, 0.6) is 5.75 Å². The van der Waals surface area contributed by atoms with Crippen molar-refractivity contribution in [3.8, 4) is 5.75 Å². The Morgan fingerprint density at radius 1 is 1.12 bits per heavy atom. The minimum absolute atomic E-state index is 0.127. The molecule has 2 aromatic rings. The summed E-state index contributed by atoms with van der Waals surface area (Å²) in [6, 6.07) is 17.1. The maximum atomic E-state index is 12.2. The summed E-state index contributed by atoms with van der Waals surface area (Å²) in [5, 5.41) is 12.3. The van der Waals surface area contributed by atoms with Gasteiger partial charge in [0.05, 0.1) is 6.10 Å². The van der Waals surface area contributed by atoms with Crippen molar-refractivity contribution in [1.29, 1.82) is 0 Å². The van der Waals surface area contributed by atoms with Crippen LogP contribution in [-0.2, 0) is 6.61 Å². The summed E-state index contributed by atoms with van der Waals surface area (Å²) < 4.78 is 5.75. The van der Waals surface area contributed by atoms with Crippen molar-refractivity contribution in [2.24, 2.45) is 5.92 Å². The Hall–Kier alpha value is -2.33. The Bertz CT molecular complexity index is 640. The van der Waals surface area contributed by atoms with E-state index in [-0.39, 0.29) is 17.9 Å². The van der Waals surface area contributed by atoms with E-state index >= 15 is 0 Å². The van der Waals surface area contributed by atoms with Crippen molar-refractivity contribution in [2.75, 3.05) is 6.54 Å². The van der Waals surface area contributed by atoms with Crippen LogP contribution in [0.3, 0.4) is 0 Å². The van der Waals surface area contributed by atoms with Crippen molar-refractivity contribution in [3.05, 3.63) is 65.7 Å². The second-order valence-electron chi connectivity index (χ2n) is 6.20. The first-order valence-corrected chi connectivity index (χ1v) is 8.27. The van der Waals surface area contributed by atoms with Gasteiger partial charge in [-0.1, -0.05) is 43.3 Å². The van der Waals surface area contributed by atoms with Crippen molar-refractivity contribution in [1.82, 2.24) is 5.32 Å². The number of hydrogen-bond acceptors (Lipinski definition) is 3. The number of amides is 1. The van der Waals surface area contributed by atoms with Gasteiger partial charge in [0, 0.05) is 12.1 Å². The molecule has 0 bridgehead atoms. The fraction of sp³-hybridized carbons (Fsp3) is 0.350. The van der Waals surface area contributed by atoms with Crippen LogP contribution in [0.15, 0.2) is 54.6 Å². The van der Waals surface area contributed by atoms with E-state index in [9.17, 15) is 9.90 Å². The van der Waals surface area contributed by atoms with Gasteiger partial charge in [-0.2, -0.15) is 0 Å². The van der Waals surface area contributed by atoms with E-state index in [0.717, 1.165) is 5.56 Å². The van der Waals surface area contributed by atoms with Crippen molar-refractivity contribution in [2.45, 2.75) is 33.0 Å². The van der Waals surface area contributed by atoms with Gasteiger partial charge in [0.1, 0.15) is 12.4 Å². The Kier molecular flexibility index (Phi) is 6.82. The third kappa shape index (κ3) is 6.05. The average molecular weight is 327 g/mol. The number of aliphatic hydroxyl groups is 1. The summed E-state index contributed by atoms with van der Waals surface area (Å²) in [5.41, 5.74) is 1.66. The van der Waals surface area contributed by atoms with Crippen LogP contribution < -0.4 is 10.1 Å². The van der Waals surface area contributed by atoms with Crippen LogP contribution in [0.25, 0.3) is 0 Å². The third-order valence-electron chi connectivity index (χ3n) is 3.70. The smallest absolute Gasteiger partial charge is 0.251 e. The molecule has 1 amide bonds. The zero-order valence-electron chi connectivity index (χ0n) is 14.2. The lowest BCUT2D eigenvalue weighted by Gasteiger charge is -2.14. The fourth-order valence-electron chi connectivity index (χ4n) is 2.50. The van der Waals surface area contributed by atoms with Gasteiger partial charge in [0.25, 0.3) is 5.91 Å². The maximum absolute atomic E-state index is 12.2. The summed E-state index contributed by atoms with van der Waals surface area (Å²) >= 11 is 0. The lowest BCUT2D eigenvalue weighted by Crippen LogP contribution is -2.29. The molecule has 0 radical (unpaired) electrons. The van der Waals surface area contributed by atoms with Crippen molar-refractivity contribution >= 4 is 5.91 Å². The molecular weight excluding hydrogens is 302 g/mol. The monoisotopic (exact) mass is 327 g/mol. The Morgan fingerprint density at radius 2 is 1.88 bits per heavy atom. The van der Waals surface area contributed by atoms with Gasteiger partial charge >= 0.3 is 0 Å². The van der Waals surface area contributed by atoms with Gasteiger partial charge in [-0.3, -0.25) is 4.79 Å². The predicted molar refractivity (Wildman–Crippen MR) is 95.0 cm³/mol. The van der Waals surface area contributed by atoms with Gasteiger partial charge < -0.3 is 15.2 Å². The molecule has 2 aromatic carbocycles. The maximum Gasteiger partial charge on any atom is 0.251 e. The largest absolute Gasteiger partial charge is 0.489 e. The van der Waals surface area contributed by atoms with E-state index in [1.807, 2.05) is 49.4 Å². The molecular formula is C20H25NO3. The molecule has 2 rings (SSSR count). The predicted octanol–water partition coefficient (Wildman–Crippen LogP) is 3.40. The summed E-state index contributed by atoms with van der Waals surface area (Å²) in [4.78, 5) is 12.2. The Labute approximate surface area is 143 Å². The second kappa shape index (κ2) is 9.08. The number of carbonyl (C=O) groups is 1. The van der Waals surface area contributed by atoms with E-state index < -0.39 is 0 Å². The summed E-state index contributed by atoms with van der Waals surface area (Å²) in [6.45, 7) is 4.77. The molecule has 0 aliphatic carbocycles. The molecule has 2 atom stereocenters. The van der Waals surface area contributed by atoms with Gasteiger partial charge in [-0.25, -0.2) is 0 Å². The number of carbonyl (C=O) groups excluding carboxylic acids is 1. The van der Waals surface area contributed by atoms with Gasteiger partial charge in [-0.15, -0.1) is 0 Å². The minimum Gasteiger partial charge on any atom is -0.489 e. The number of benzene rings is 2. The lowest BCUT2D eigenvalue weighted by molar-refractivity contribution is 0.0939. The van der Waals surface area contributed by atoms with Crippen LogP contribution in [0.1, 0.15) is 36.2 Å². The number of hydrogen-bond donors (Lipinski definition) is 2. The number of aliphatic hydroxyl groups excluding tert-OH is 1. The van der Waals surface area contributed by atoms with E-state index in [0.29, 0.717) is 30.9 Å². The molecule has 0 heterocycles. The summed E-state index contributed by atoms with van der Waals surface area (Å²) in [7, 11) is 0. The SMILES string of the molecule is CC(O)CC(C)CNC(=O)c1cccc(OCc2ccccc2)c1. The number of nitrogens with one attached hydrogen (secondary N) is 1. The standard InChI is InChI=1S/C20H25NO3/c1-15(11-16(2)22)13-21-20(23)18-9-6-10-19(12-18)24-14-17-7-4-3-5-8-17/h3-10,12,15-16,22H,11,13-14H2,1-2H3,(H,21,23). The van der Waals surface area contributed by atoms with Gasteiger partial charge in [0.2, 0.25) is 0 Å². The molecule has 0 fully saturated rings. The molecule has 0 saturated carbocycles. The summed E-state index contributed by atoms with van der Waals surface area (Å²) in [6.07, 6.45) is 0.312. The van der Waals surface area contributed by atoms with Crippen LogP contribution in [0.2, 0.25) is 0 Å². The zero-order chi connectivity index (χ0) is 17.4. The molecule has 2 N–H and O–H groups in total. The van der Waals surface area contributed by atoms with E-state index in [4.69, 9.17) is 4.74 Å². The molecule has 4 nitrogen and oxygen atoms in total. The molecule has 0 spiro atoms. The van der Waals surface area contributed by atoms with E-state index in [1.54, 1.807) is 19.1 Å². The Morgan fingerprint density at radius 3 is 2.58 bits per heavy atom. The van der Waals surface area contributed by atoms with E-state index in [2.05, 4.69) is 5.32 Å². The second-order valence-corrected chi connectivity index (χ2v) is 6.20. The first-order chi connectivity index (χ1) is 11.5. The third-order valence-corrected chi connectivity index (χ3v) is 3.70. The van der Waals surface area contributed by atoms with Crippen LogP contribution >= 0.6 is 0 Å². The highest BCUT2D eigenvalue weighted by molar-refractivity contribution is 5.94. The Balaban J connectivity index is 1.88. The quantitative estimate of drug-likeness (QED) is 0.781. The van der Waals surface area contributed by atoms with Gasteiger partial charge in [-0.05, 0) is 43.0 Å². The number of rotatable bonds is 8. The molecule has 128 valence electrons. The first kappa shape index (κ1) is 18.0. The number of ether oxygens (including phenoxy) is 1. The zero-order valence-corrected chi connectivity index (χ0v) is 14.2. The van der Waals surface area contributed by atoms with Crippen LogP contribution in [-0.4, -0.2) is 23.7 Å². The minimum atomic E-state index is -0.355. The van der Waals surface area contributed by atoms with E-state index in [1.165, 1.54) is 0 Å². The average Bonchev–Trinajstić information content (AvgIpc) is 2.58. The lowest BCUT2D eigenvalue weighted by atomic mass is 10.0. The molecule has 24 heavy (non-hydrogen) atoms. The highest BCUT2D eigenvalue weighted by Crippen LogP contribution is 2.15. The molecule has 0 aliphatic rings. The molecule has 4 heteroatoms. The van der Waals surface area contributed by atoms with Crippen LogP contribution in [0, 0.1) is 5.92 Å². The van der Waals surface area contributed by atoms with Crippen molar-refractivity contribution in [3.63, 3.8) is 0 Å².